The largest absolute Gasteiger partial charge is 0.241 e. The van der Waals surface area contributed by atoms with Gasteiger partial charge in [0.05, 0.1) is 5.69 Å². The zero-order valence-corrected chi connectivity index (χ0v) is 12.4. The van der Waals surface area contributed by atoms with Gasteiger partial charge in [0.1, 0.15) is 4.60 Å². The molecule has 1 aliphatic rings. The summed E-state index contributed by atoms with van der Waals surface area (Å²) in [6.07, 6.45) is 0.996. The van der Waals surface area contributed by atoms with Gasteiger partial charge in [0.25, 0.3) is 0 Å². The van der Waals surface area contributed by atoms with Crippen LogP contribution in [0.25, 0.3) is 22.4 Å². The number of halogens is 1. The van der Waals surface area contributed by atoms with Crippen LogP contribution in [0.3, 0.4) is 0 Å². The number of aromatic nitrogens is 1. The number of nitrogens with zero attached hydrogens (tertiary/aromatic N) is 1. The minimum atomic E-state index is 0.878. The van der Waals surface area contributed by atoms with Crippen LogP contribution in [-0.2, 0) is 6.42 Å². The molecule has 0 spiro atoms. The number of hydrogen-bond acceptors (Lipinski definition) is 1. The summed E-state index contributed by atoms with van der Waals surface area (Å²) in [7, 11) is 0. The Morgan fingerprint density at radius 2 is 1.50 bits per heavy atom. The molecule has 1 nitrogen and oxygen atoms in total. The predicted molar refractivity (Wildman–Crippen MR) is 85.6 cm³/mol. The van der Waals surface area contributed by atoms with Crippen molar-refractivity contribution >= 4 is 15.9 Å². The van der Waals surface area contributed by atoms with Crippen molar-refractivity contribution in [2.45, 2.75) is 6.42 Å². The van der Waals surface area contributed by atoms with E-state index in [1.54, 1.807) is 0 Å². The van der Waals surface area contributed by atoms with Crippen molar-refractivity contribution in [1.29, 1.82) is 0 Å². The topological polar surface area (TPSA) is 12.9 Å². The Morgan fingerprint density at radius 1 is 0.750 bits per heavy atom. The maximum absolute atomic E-state index is 4.60. The molecule has 1 heterocycles. The van der Waals surface area contributed by atoms with E-state index < -0.39 is 0 Å². The quantitative estimate of drug-likeness (QED) is 0.445. The molecule has 0 unspecified atom stereocenters. The summed E-state index contributed by atoms with van der Waals surface area (Å²) >= 11 is 3.46. The second-order valence-corrected chi connectivity index (χ2v) is 5.82. The molecule has 0 N–H and O–H groups in total. The van der Waals surface area contributed by atoms with E-state index in [0.717, 1.165) is 16.7 Å². The predicted octanol–water partition coefficient (Wildman–Crippen LogP) is 5.08. The minimum absolute atomic E-state index is 0.878. The Balaban J connectivity index is 1.94. The second kappa shape index (κ2) is 4.57. The van der Waals surface area contributed by atoms with E-state index in [1.165, 1.54) is 27.8 Å². The van der Waals surface area contributed by atoms with Crippen LogP contribution in [-0.4, -0.2) is 4.98 Å². The molecule has 96 valence electrons. The highest BCUT2D eigenvalue weighted by Gasteiger charge is 2.21. The molecule has 0 saturated carbocycles. The third kappa shape index (κ3) is 1.80. The average Bonchev–Trinajstić information content (AvgIpc) is 2.86. The van der Waals surface area contributed by atoms with Crippen molar-refractivity contribution in [1.82, 2.24) is 4.98 Å². The summed E-state index contributed by atoms with van der Waals surface area (Å²) < 4.78 is 0.878. The van der Waals surface area contributed by atoms with Crippen molar-refractivity contribution in [3.05, 3.63) is 76.4 Å². The van der Waals surface area contributed by atoms with Crippen molar-refractivity contribution in [2.24, 2.45) is 0 Å². The Hall–Kier alpha value is -1.93. The second-order valence-electron chi connectivity index (χ2n) is 5.01. The highest BCUT2D eigenvalue weighted by molar-refractivity contribution is 9.10. The van der Waals surface area contributed by atoms with Gasteiger partial charge in [0.2, 0.25) is 0 Å². The molecule has 0 fully saturated rings. The van der Waals surface area contributed by atoms with E-state index in [-0.39, 0.29) is 0 Å². The maximum atomic E-state index is 4.60. The fourth-order valence-corrected chi connectivity index (χ4v) is 3.30. The van der Waals surface area contributed by atoms with Crippen LogP contribution in [0.5, 0.6) is 0 Å². The van der Waals surface area contributed by atoms with E-state index in [9.17, 15) is 0 Å². The number of rotatable bonds is 1. The fraction of sp³-hybridized carbons (Fsp3) is 0.0556. The van der Waals surface area contributed by atoms with E-state index in [0.29, 0.717) is 0 Å². The lowest BCUT2D eigenvalue weighted by atomic mass is 9.99. The van der Waals surface area contributed by atoms with E-state index in [2.05, 4.69) is 69.4 Å². The van der Waals surface area contributed by atoms with Gasteiger partial charge in [0.15, 0.2) is 0 Å². The summed E-state index contributed by atoms with van der Waals surface area (Å²) in [5.41, 5.74) is 7.77. The monoisotopic (exact) mass is 321 g/mol. The number of pyridine rings is 1. The molecule has 20 heavy (non-hydrogen) atoms. The Morgan fingerprint density at radius 3 is 2.40 bits per heavy atom. The third-order valence-corrected chi connectivity index (χ3v) is 4.28. The van der Waals surface area contributed by atoms with Crippen molar-refractivity contribution in [3.63, 3.8) is 0 Å². The number of benzene rings is 2. The fourth-order valence-electron chi connectivity index (χ4n) is 2.96. The van der Waals surface area contributed by atoms with Crippen LogP contribution >= 0.6 is 15.9 Å². The Labute approximate surface area is 126 Å². The molecule has 4 rings (SSSR count). The zero-order valence-electron chi connectivity index (χ0n) is 10.8. The number of hydrogen-bond donors (Lipinski definition) is 0. The lowest BCUT2D eigenvalue weighted by Gasteiger charge is -2.08. The first-order valence-corrected chi connectivity index (χ1v) is 7.45. The standard InChI is InChI=1S/C18H12BrN/c19-18-10-4-9-17(20-18)15-8-3-7-14-13-6-2-1-5-12(13)11-16(14)15/h1-10H,11H2. The third-order valence-electron chi connectivity index (χ3n) is 3.84. The normalized spacial score (nSPS) is 12.1. The van der Waals surface area contributed by atoms with Crippen molar-refractivity contribution < 1.29 is 0 Å². The van der Waals surface area contributed by atoms with Crippen LogP contribution in [0.2, 0.25) is 0 Å². The summed E-state index contributed by atoms with van der Waals surface area (Å²) in [4.78, 5) is 4.60. The van der Waals surface area contributed by atoms with Gasteiger partial charge in [-0.1, -0.05) is 48.5 Å². The molecule has 0 aliphatic heterocycles. The number of fused-ring (bicyclic) bond motifs is 3. The highest BCUT2D eigenvalue weighted by Crippen LogP contribution is 2.40. The lowest BCUT2D eigenvalue weighted by molar-refractivity contribution is 1.22. The van der Waals surface area contributed by atoms with Crippen LogP contribution in [0.4, 0.5) is 0 Å². The van der Waals surface area contributed by atoms with Gasteiger partial charge in [0, 0.05) is 5.56 Å². The average molecular weight is 322 g/mol. The smallest absolute Gasteiger partial charge is 0.106 e. The highest BCUT2D eigenvalue weighted by atomic mass is 79.9. The molecule has 0 radical (unpaired) electrons. The van der Waals surface area contributed by atoms with Gasteiger partial charge < -0.3 is 0 Å². The zero-order chi connectivity index (χ0) is 13.5. The van der Waals surface area contributed by atoms with Gasteiger partial charge >= 0.3 is 0 Å². The molecular formula is C18H12BrN. The van der Waals surface area contributed by atoms with E-state index in [4.69, 9.17) is 0 Å². The van der Waals surface area contributed by atoms with Crippen LogP contribution in [0.1, 0.15) is 11.1 Å². The Kier molecular flexibility index (Phi) is 2.71. The van der Waals surface area contributed by atoms with Gasteiger partial charge in [-0.05, 0) is 56.7 Å². The lowest BCUT2D eigenvalue weighted by Crippen LogP contribution is -1.90. The molecule has 3 aromatic rings. The molecule has 0 amide bonds. The first-order chi connectivity index (χ1) is 9.83. The first-order valence-electron chi connectivity index (χ1n) is 6.66. The summed E-state index contributed by atoms with van der Waals surface area (Å²) in [5.74, 6) is 0. The maximum Gasteiger partial charge on any atom is 0.106 e. The van der Waals surface area contributed by atoms with Crippen LogP contribution in [0, 0.1) is 0 Å². The first kappa shape index (κ1) is 11.9. The summed E-state index contributed by atoms with van der Waals surface area (Å²) in [5, 5.41) is 0. The SMILES string of the molecule is Brc1cccc(-c2cccc3c2Cc2ccccc2-3)n1. The molecule has 1 aromatic heterocycles. The molecule has 0 atom stereocenters. The van der Waals surface area contributed by atoms with E-state index >= 15 is 0 Å². The van der Waals surface area contributed by atoms with Gasteiger partial charge in [-0.25, -0.2) is 4.98 Å². The van der Waals surface area contributed by atoms with Crippen molar-refractivity contribution in [2.75, 3.05) is 0 Å². The van der Waals surface area contributed by atoms with Gasteiger partial charge in [-0.2, -0.15) is 0 Å². The molecule has 0 saturated heterocycles. The molecule has 2 heteroatoms. The molecule has 0 bridgehead atoms. The van der Waals surface area contributed by atoms with Gasteiger partial charge in [-0.15, -0.1) is 0 Å². The molecule has 2 aromatic carbocycles. The van der Waals surface area contributed by atoms with Crippen molar-refractivity contribution in [3.8, 4) is 22.4 Å². The van der Waals surface area contributed by atoms with Gasteiger partial charge in [-0.3, -0.25) is 0 Å². The van der Waals surface area contributed by atoms with Crippen LogP contribution in [0.15, 0.2) is 65.3 Å². The van der Waals surface area contributed by atoms with Crippen LogP contribution < -0.4 is 0 Å². The summed E-state index contributed by atoms with van der Waals surface area (Å²) in [6.45, 7) is 0. The molecular weight excluding hydrogens is 310 g/mol. The van der Waals surface area contributed by atoms with E-state index in [1.807, 2.05) is 12.1 Å². The summed E-state index contributed by atoms with van der Waals surface area (Å²) in [6, 6.07) is 21.2. The minimum Gasteiger partial charge on any atom is -0.241 e. The Bertz CT molecular complexity index is 808. The molecule has 1 aliphatic carbocycles.